The number of ether oxygens (including phenoxy) is 1. The normalized spacial score (nSPS) is 10.9. The molecule has 3 amide bonds. The summed E-state index contributed by atoms with van der Waals surface area (Å²) >= 11 is 5.91. The zero-order valence-corrected chi connectivity index (χ0v) is 15.9. The zero-order valence-electron chi connectivity index (χ0n) is 14.4. The van der Waals surface area contributed by atoms with Crippen LogP contribution in [0.1, 0.15) is 15.9 Å². The number of benzene rings is 2. The highest BCUT2D eigenvalue weighted by Gasteiger charge is 2.16. The number of nitrogens with two attached hydrogens (primary N) is 1. The average Bonchev–Trinajstić information content (AvgIpc) is 2.61. The van der Waals surface area contributed by atoms with E-state index in [0.29, 0.717) is 29.3 Å². The molecule has 0 saturated heterocycles. The van der Waals surface area contributed by atoms with E-state index in [4.69, 9.17) is 22.1 Å². The lowest BCUT2D eigenvalue weighted by molar-refractivity contribution is 0.0951. The first-order valence-electron chi connectivity index (χ1n) is 7.76. The van der Waals surface area contributed by atoms with Gasteiger partial charge in [0.05, 0.1) is 17.6 Å². The summed E-state index contributed by atoms with van der Waals surface area (Å²) in [5.74, 6) is 0.0765. The van der Waals surface area contributed by atoms with Crippen LogP contribution in [-0.4, -0.2) is 34.0 Å². The van der Waals surface area contributed by atoms with Gasteiger partial charge in [-0.2, -0.15) is 0 Å². The number of methoxy groups -OCH3 is 1. The number of carbonyl (C=O) groups is 2. The number of rotatable bonds is 7. The standard InChI is InChI=1S/C17H18ClN3O5S/c1-26-15-7-4-12(18)10-14(15)16(22)20-9-8-11-2-5-13(6-3-11)27(24,25)21-17(19)23/h2-7,10H,8-9H2,1H3,(H,20,22)(H3,19,21,23). The summed E-state index contributed by atoms with van der Waals surface area (Å²) in [5, 5.41) is 3.17. The van der Waals surface area contributed by atoms with Gasteiger partial charge in [-0.3, -0.25) is 4.79 Å². The van der Waals surface area contributed by atoms with E-state index in [0.717, 1.165) is 5.56 Å². The first-order chi connectivity index (χ1) is 12.7. The molecule has 8 nitrogen and oxygen atoms in total. The van der Waals surface area contributed by atoms with Gasteiger partial charge < -0.3 is 15.8 Å². The highest BCUT2D eigenvalue weighted by molar-refractivity contribution is 7.90. The van der Waals surface area contributed by atoms with Gasteiger partial charge in [0.2, 0.25) is 0 Å². The van der Waals surface area contributed by atoms with Crippen LogP contribution in [0.5, 0.6) is 5.75 Å². The Hall–Kier alpha value is -2.78. The van der Waals surface area contributed by atoms with Crippen LogP contribution in [0.2, 0.25) is 5.02 Å². The molecule has 0 saturated carbocycles. The van der Waals surface area contributed by atoms with E-state index >= 15 is 0 Å². The molecule has 144 valence electrons. The topological polar surface area (TPSA) is 128 Å². The molecular weight excluding hydrogens is 394 g/mol. The Morgan fingerprint density at radius 3 is 2.41 bits per heavy atom. The summed E-state index contributed by atoms with van der Waals surface area (Å²) < 4.78 is 30.4. The van der Waals surface area contributed by atoms with Crippen LogP contribution in [0.4, 0.5) is 4.79 Å². The molecule has 2 aromatic carbocycles. The lowest BCUT2D eigenvalue weighted by atomic mass is 10.1. The van der Waals surface area contributed by atoms with Crippen molar-refractivity contribution < 1.29 is 22.7 Å². The summed E-state index contributed by atoms with van der Waals surface area (Å²) in [6.07, 6.45) is 0.470. The number of carbonyl (C=O) groups excluding carboxylic acids is 2. The predicted octanol–water partition coefficient (Wildman–Crippen LogP) is 1.68. The van der Waals surface area contributed by atoms with Crippen LogP contribution in [0.15, 0.2) is 47.4 Å². The fourth-order valence-corrected chi connectivity index (χ4v) is 3.35. The van der Waals surface area contributed by atoms with Gasteiger partial charge in [0.25, 0.3) is 15.9 Å². The Bertz CT molecular complexity index is 946. The molecule has 0 aromatic heterocycles. The Balaban J connectivity index is 1.97. The molecular formula is C17H18ClN3O5S. The number of nitrogens with one attached hydrogen (secondary N) is 2. The molecule has 0 aliphatic heterocycles. The quantitative estimate of drug-likeness (QED) is 0.638. The van der Waals surface area contributed by atoms with Crippen LogP contribution in [0.3, 0.4) is 0 Å². The van der Waals surface area contributed by atoms with Crippen molar-refractivity contribution in [2.24, 2.45) is 5.73 Å². The van der Waals surface area contributed by atoms with Crippen molar-refractivity contribution in [2.75, 3.05) is 13.7 Å². The van der Waals surface area contributed by atoms with Crippen molar-refractivity contribution in [3.8, 4) is 5.75 Å². The number of hydrogen-bond donors (Lipinski definition) is 3. The molecule has 0 fully saturated rings. The fourth-order valence-electron chi connectivity index (χ4n) is 2.30. The highest BCUT2D eigenvalue weighted by Crippen LogP contribution is 2.22. The van der Waals surface area contributed by atoms with Crippen molar-refractivity contribution in [3.63, 3.8) is 0 Å². The molecule has 0 spiro atoms. The number of urea groups is 1. The second kappa shape index (κ2) is 8.74. The molecule has 4 N–H and O–H groups in total. The molecule has 0 aliphatic carbocycles. The van der Waals surface area contributed by atoms with Crippen molar-refractivity contribution in [1.82, 2.24) is 10.0 Å². The molecule has 0 aliphatic rings. The van der Waals surface area contributed by atoms with Gasteiger partial charge in [0, 0.05) is 11.6 Å². The van der Waals surface area contributed by atoms with Gasteiger partial charge in [-0.25, -0.2) is 17.9 Å². The molecule has 2 aromatic rings. The Morgan fingerprint density at radius 1 is 1.15 bits per heavy atom. The van der Waals surface area contributed by atoms with E-state index in [1.54, 1.807) is 29.0 Å². The van der Waals surface area contributed by atoms with Gasteiger partial charge in [-0.15, -0.1) is 0 Å². The minimum Gasteiger partial charge on any atom is -0.496 e. The molecule has 2 rings (SSSR count). The molecule has 0 bridgehead atoms. The maximum Gasteiger partial charge on any atom is 0.326 e. The second-order valence-corrected chi connectivity index (χ2v) is 7.58. The van der Waals surface area contributed by atoms with Gasteiger partial charge in [0.1, 0.15) is 5.75 Å². The van der Waals surface area contributed by atoms with Gasteiger partial charge in [-0.05, 0) is 42.3 Å². The smallest absolute Gasteiger partial charge is 0.326 e. The van der Waals surface area contributed by atoms with Crippen molar-refractivity contribution in [1.29, 1.82) is 0 Å². The maximum atomic E-state index is 12.3. The molecule has 10 heteroatoms. The predicted molar refractivity (Wildman–Crippen MR) is 100 cm³/mol. The Labute approximate surface area is 161 Å². The summed E-state index contributed by atoms with van der Waals surface area (Å²) in [5.41, 5.74) is 5.95. The lowest BCUT2D eigenvalue weighted by Gasteiger charge is -2.10. The summed E-state index contributed by atoms with van der Waals surface area (Å²) in [6.45, 7) is 0.320. The van der Waals surface area contributed by atoms with Crippen molar-refractivity contribution in [2.45, 2.75) is 11.3 Å². The van der Waals surface area contributed by atoms with Gasteiger partial charge >= 0.3 is 6.03 Å². The average molecular weight is 412 g/mol. The lowest BCUT2D eigenvalue weighted by Crippen LogP contribution is -2.34. The number of amides is 3. The van der Waals surface area contributed by atoms with Gasteiger partial charge in [-0.1, -0.05) is 23.7 Å². The SMILES string of the molecule is COc1ccc(Cl)cc1C(=O)NCCc1ccc(S(=O)(=O)NC(N)=O)cc1. The molecule has 0 heterocycles. The molecule has 0 atom stereocenters. The van der Waals surface area contributed by atoms with Crippen molar-refractivity contribution in [3.05, 3.63) is 58.6 Å². The largest absolute Gasteiger partial charge is 0.496 e. The van der Waals surface area contributed by atoms with E-state index in [1.165, 1.54) is 25.3 Å². The fraction of sp³-hybridized carbons (Fsp3) is 0.176. The van der Waals surface area contributed by atoms with Crippen LogP contribution in [-0.2, 0) is 16.4 Å². The minimum absolute atomic E-state index is 0.0854. The van der Waals surface area contributed by atoms with Crippen LogP contribution in [0, 0.1) is 0 Å². The highest BCUT2D eigenvalue weighted by atomic mass is 35.5. The number of hydrogen-bond acceptors (Lipinski definition) is 5. The molecule has 0 unspecified atom stereocenters. The van der Waals surface area contributed by atoms with Crippen molar-refractivity contribution >= 4 is 33.6 Å². The zero-order chi connectivity index (χ0) is 20.0. The Kier molecular flexibility index (Phi) is 6.65. The number of sulfonamides is 1. The summed E-state index contributed by atoms with van der Waals surface area (Å²) in [7, 11) is -2.52. The second-order valence-electron chi connectivity index (χ2n) is 5.46. The van der Waals surface area contributed by atoms with Crippen LogP contribution < -0.4 is 20.5 Å². The third kappa shape index (κ3) is 5.60. The van der Waals surface area contributed by atoms with E-state index < -0.39 is 16.1 Å². The minimum atomic E-state index is -3.98. The van der Waals surface area contributed by atoms with E-state index in [1.807, 2.05) is 0 Å². The summed E-state index contributed by atoms with van der Waals surface area (Å²) in [4.78, 5) is 22.9. The number of primary amides is 1. The van der Waals surface area contributed by atoms with Gasteiger partial charge in [0.15, 0.2) is 0 Å². The van der Waals surface area contributed by atoms with E-state index in [9.17, 15) is 18.0 Å². The van der Waals surface area contributed by atoms with Crippen LogP contribution >= 0.6 is 11.6 Å². The third-order valence-electron chi connectivity index (χ3n) is 3.57. The first kappa shape index (κ1) is 20.5. The first-order valence-corrected chi connectivity index (χ1v) is 9.62. The van der Waals surface area contributed by atoms with Crippen LogP contribution in [0.25, 0.3) is 0 Å². The number of halogens is 1. The Morgan fingerprint density at radius 2 is 1.81 bits per heavy atom. The molecule has 0 radical (unpaired) electrons. The van der Waals surface area contributed by atoms with E-state index in [-0.39, 0.29) is 10.8 Å². The molecule has 27 heavy (non-hydrogen) atoms. The maximum absolute atomic E-state index is 12.3. The summed E-state index contributed by atoms with van der Waals surface area (Å²) in [6, 6.07) is 9.46. The monoisotopic (exact) mass is 411 g/mol. The third-order valence-corrected chi connectivity index (χ3v) is 5.17. The van der Waals surface area contributed by atoms with E-state index in [2.05, 4.69) is 5.32 Å².